The summed E-state index contributed by atoms with van der Waals surface area (Å²) in [7, 11) is 0. The highest BCUT2D eigenvalue weighted by Gasteiger charge is 2.11. The zero-order valence-corrected chi connectivity index (χ0v) is 12.5. The van der Waals surface area contributed by atoms with Crippen LogP contribution in [0.25, 0.3) is 0 Å². The second-order valence-electron chi connectivity index (χ2n) is 5.61. The number of hydrogen-bond donors (Lipinski definition) is 1. The molecule has 0 radical (unpaired) electrons. The summed E-state index contributed by atoms with van der Waals surface area (Å²) in [6.07, 6.45) is 5.49. The van der Waals surface area contributed by atoms with Gasteiger partial charge in [-0.1, -0.05) is 18.2 Å². The molecule has 0 bridgehead atoms. The summed E-state index contributed by atoms with van der Waals surface area (Å²) in [5.74, 6) is 0. The van der Waals surface area contributed by atoms with Crippen molar-refractivity contribution in [2.75, 3.05) is 24.5 Å². The maximum absolute atomic E-state index is 4.33. The largest absolute Gasteiger partial charge is 0.372 e. The van der Waals surface area contributed by atoms with Crippen molar-refractivity contribution >= 4 is 5.69 Å². The minimum absolute atomic E-state index is 0.924. The van der Waals surface area contributed by atoms with Gasteiger partial charge in [0.1, 0.15) is 0 Å². The normalized spacial score (nSPS) is 14.6. The molecule has 0 aliphatic carbocycles. The van der Waals surface area contributed by atoms with E-state index in [1.54, 1.807) is 0 Å². The minimum atomic E-state index is 0.924. The monoisotopic (exact) mass is 281 g/mol. The Hall–Kier alpha value is -1.87. The molecule has 1 fully saturated rings. The molecule has 1 saturated heterocycles. The van der Waals surface area contributed by atoms with Crippen molar-refractivity contribution in [2.45, 2.75) is 25.8 Å². The Labute approximate surface area is 127 Å². The first-order valence-corrected chi connectivity index (χ1v) is 7.86. The Kier molecular flexibility index (Phi) is 4.85. The SMILES string of the molecule is c1ccc(CCNCc2ccc(N3CCCC3)cc2)nc1. The molecule has 21 heavy (non-hydrogen) atoms. The van der Waals surface area contributed by atoms with Crippen molar-refractivity contribution in [3.05, 3.63) is 59.9 Å². The average molecular weight is 281 g/mol. The van der Waals surface area contributed by atoms with E-state index in [0.29, 0.717) is 0 Å². The third-order valence-corrected chi connectivity index (χ3v) is 4.02. The number of nitrogens with zero attached hydrogens (tertiary/aromatic N) is 2. The van der Waals surface area contributed by atoms with Crippen LogP contribution in [0.15, 0.2) is 48.7 Å². The predicted octanol–water partition coefficient (Wildman–Crippen LogP) is 3.01. The second kappa shape index (κ2) is 7.23. The summed E-state index contributed by atoms with van der Waals surface area (Å²) < 4.78 is 0. The maximum Gasteiger partial charge on any atom is 0.0416 e. The highest BCUT2D eigenvalue weighted by atomic mass is 15.1. The molecule has 2 heterocycles. The number of hydrogen-bond acceptors (Lipinski definition) is 3. The summed E-state index contributed by atoms with van der Waals surface area (Å²) in [5.41, 5.74) is 3.86. The standard InChI is InChI=1S/C18H23N3/c1-2-11-20-17(5-1)10-12-19-15-16-6-8-18(9-7-16)21-13-3-4-14-21/h1-2,5-9,11,19H,3-4,10,12-15H2. The summed E-state index contributed by atoms with van der Waals surface area (Å²) in [5, 5.41) is 3.49. The zero-order chi connectivity index (χ0) is 14.3. The number of benzene rings is 1. The van der Waals surface area contributed by atoms with Gasteiger partial charge in [0.05, 0.1) is 0 Å². The Bertz CT molecular complexity index is 530. The molecule has 1 aliphatic rings. The van der Waals surface area contributed by atoms with Gasteiger partial charge in [0.2, 0.25) is 0 Å². The number of rotatable bonds is 6. The molecule has 1 aromatic carbocycles. The van der Waals surface area contributed by atoms with Crippen LogP contribution in [0.2, 0.25) is 0 Å². The van der Waals surface area contributed by atoms with Gasteiger partial charge in [0.15, 0.2) is 0 Å². The number of nitrogens with one attached hydrogen (secondary N) is 1. The predicted molar refractivity (Wildman–Crippen MR) is 87.5 cm³/mol. The maximum atomic E-state index is 4.33. The van der Waals surface area contributed by atoms with Gasteiger partial charge in [-0.05, 0) is 42.7 Å². The summed E-state index contributed by atoms with van der Waals surface area (Å²) in [6, 6.07) is 15.1. The van der Waals surface area contributed by atoms with Crippen molar-refractivity contribution in [1.29, 1.82) is 0 Å². The minimum Gasteiger partial charge on any atom is -0.372 e. The molecule has 0 unspecified atom stereocenters. The second-order valence-corrected chi connectivity index (χ2v) is 5.61. The fourth-order valence-corrected chi connectivity index (χ4v) is 2.80. The summed E-state index contributed by atoms with van der Waals surface area (Å²) in [6.45, 7) is 4.31. The van der Waals surface area contributed by atoms with E-state index >= 15 is 0 Å². The molecule has 1 N–H and O–H groups in total. The average Bonchev–Trinajstić information content (AvgIpc) is 3.08. The quantitative estimate of drug-likeness (QED) is 0.825. The smallest absolute Gasteiger partial charge is 0.0416 e. The highest BCUT2D eigenvalue weighted by Crippen LogP contribution is 2.20. The third kappa shape index (κ3) is 4.05. The molecule has 0 spiro atoms. The van der Waals surface area contributed by atoms with Gasteiger partial charge < -0.3 is 10.2 Å². The molecule has 1 aromatic heterocycles. The van der Waals surface area contributed by atoms with Gasteiger partial charge in [-0.2, -0.15) is 0 Å². The molecular weight excluding hydrogens is 258 g/mol. The van der Waals surface area contributed by atoms with Gasteiger partial charge in [-0.3, -0.25) is 4.98 Å². The molecule has 0 atom stereocenters. The van der Waals surface area contributed by atoms with Crippen LogP contribution >= 0.6 is 0 Å². The lowest BCUT2D eigenvalue weighted by atomic mass is 10.2. The summed E-state index contributed by atoms with van der Waals surface area (Å²) in [4.78, 5) is 6.80. The van der Waals surface area contributed by atoms with E-state index in [-0.39, 0.29) is 0 Å². The van der Waals surface area contributed by atoms with E-state index in [4.69, 9.17) is 0 Å². The number of pyridine rings is 1. The first-order chi connectivity index (χ1) is 10.4. The molecule has 3 nitrogen and oxygen atoms in total. The van der Waals surface area contributed by atoms with Crippen molar-refractivity contribution in [1.82, 2.24) is 10.3 Å². The van der Waals surface area contributed by atoms with E-state index in [1.165, 1.54) is 37.2 Å². The topological polar surface area (TPSA) is 28.2 Å². The van der Waals surface area contributed by atoms with Crippen LogP contribution in [0.5, 0.6) is 0 Å². The Morgan fingerprint density at radius 1 is 1.00 bits per heavy atom. The summed E-state index contributed by atoms with van der Waals surface area (Å²) >= 11 is 0. The van der Waals surface area contributed by atoms with Crippen LogP contribution in [-0.4, -0.2) is 24.6 Å². The fraction of sp³-hybridized carbons (Fsp3) is 0.389. The lowest BCUT2D eigenvalue weighted by Gasteiger charge is -2.17. The van der Waals surface area contributed by atoms with Crippen LogP contribution in [0, 0.1) is 0 Å². The van der Waals surface area contributed by atoms with E-state index in [0.717, 1.165) is 25.2 Å². The number of aromatic nitrogens is 1. The first kappa shape index (κ1) is 14.1. The van der Waals surface area contributed by atoms with Crippen molar-refractivity contribution < 1.29 is 0 Å². The van der Waals surface area contributed by atoms with E-state index in [9.17, 15) is 0 Å². The van der Waals surface area contributed by atoms with Gasteiger partial charge in [-0.25, -0.2) is 0 Å². The Balaban J connectivity index is 1.43. The lowest BCUT2D eigenvalue weighted by Crippen LogP contribution is -2.18. The van der Waals surface area contributed by atoms with Crippen LogP contribution in [0.1, 0.15) is 24.1 Å². The lowest BCUT2D eigenvalue weighted by molar-refractivity contribution is 0.680. The van der Waals surface area contributed by atoms with Crippen LogP contribution in [-0.2, 0) is 13.0 Å². The van der Waals surface area contributed by atoms with Gasteiger partial charge in [-0.15, -0.1) is 0 Å². The Morgan fingerprint density at radius 3 is 2.52 bits per heavy atom. The zero-order valence-electron chi connectivity index (χ0n) is 12.5. The Morgan fingerprint density at radius 2 is 1.81 bits per heavy atom. The molecule has 3 rings (SSSR count). The molecule has 2 aromatic rings. The van der Waals surface area contributed by atoms with Gasteiger partial charge in [0.25, 0.3) is 0 Å². The molecule has 3 heteroatoms. The van der Waals surface area contributed by atoms with E-state index in [1.807, 2.05) is 18.3 Å². The van der Waals surface area contributed by atoms with Crippen LogP contribution in [0.4, 0.5) is 5.69 Å². The van der Waals surface area contributed by atoms with E-state index < -0.39 is 0 Å². The third-order valence-electron chi connectivity index (χ3n) is 4.02. The molecule has 110 valence electrons. The van der Waals surface area contributed by atoms with Gasteiger partial charge in [0, 0.05) is 50.2 Å². The fourth-order valence-electron chi connectivity index (χ4n) is 2.80. The van der Waals surface area contributed by atoms with Crippen molar-refractivity contribution in [3.63, 3.8) is 0 Å². The molecule has 0 saturated carbocycles. The van der Waals surface area contributed by atoms with E-state index in [2.05, 4.69) is 45.5 Å². The van der Waals surface area contributed by atoms with Gasteiger partial charge >= 0.3 is 0 Å². The van der Waals surface area contributed by atoms with Crippen LogP contribution < -0.4 is 10.2 Å². The molecular formula is C18H23N3. The molecule has 1 aliphatic heterocycles. The highest BCUT2D eigenvalue weighted by molar-refractivity contribution is 5.48. The van der Waals surface area contributed by atoms with Crippen molar-refractivity contribution in [3.8, 4) is 0 Å². The van der Waals surface area contributed by atoms with Crippen LogP contribution in [0.3, 0.4) is 0 Å². The van der Waals surface area contributed by atoms with Crippen molar-refractivity contribution in [2.24, 2.45) is 0 Å². The first-order valence-electron chi connectivity index (χ1n) is 7.86. The molecule has 0 amide bonds. The number of anilines is 1.